The van der Waals surface area contributed by atoms with Gasteiger partial charge in [0.05, 0.1) is 0 Å². The van der Waals surface area contributed by atoms with Gasteiger partial charge in [-0.2, -0.15) is 0 Å². The third-order valence-corrected chi connectivity index (χ3v) is 5.43. The molecular formula is C17H29NOS. The van der Waals surface area contributed by atoms with Gasteiger partial charge in [-0.25, -0.2) is 0 Å². The van der Waals surface area contributed by atoms with Crippen LogP contribution in [0.25, 0.3) is 0 Å². The van der Waals surface area contributed by atoms with Crippen LogP contribution in [0.4, 0.5) is 0 Å². The van der Waals surface area contributed by atoms with Crippen LogP contribution < -0.4 is 5.32 Å². The molecule has 3 heteroatoms. The number of nitrogens with one attached hydrogen (secondary N) is 1. The summed E-state index contributed by atoms with van der Waals surface area (Å²) in [6.45, 7) is 11.6. The van der Waals surface area contributed by atoms with Gasteiger partial charge >= 0.3 is 0 Å². The second-order valence-corrected chi connectivity index (χ2v) is 7.30. The molecule has 0 aliphatic rings. The molecule has 0 aliphatic carbocycles. The minimum atomic E-state index is -0.759. The topological polar surface area (TPSA) is 29.1 Å². The maximum Gasteiger partial charge on any atom is 0.0439 e. The molecule has 0 aliphatic heterocycles. The van der Waals surface area contributed by atoms with E-state index in [9.17, 15) is 4.21 Å². The van der Waals surface area contributed by atoms with Gasteiger partial charge in [-0.05, 0) is 37.4 Å². The van der Waals surface area contributed by atoms with E-state index in [1.165, 1.54) is 16.7 Å². The predicted octanol–water partition coefficient (Wildman–Crippen LogP) is 3.75. The molecule has 0 heterocycles. The first kappa shape index (κ1) is 17.4. The van der Waals surface area contributed by atoms with Crippen LogP contribution in [0.1, 0.15) is 49.9 Å². The molecule has 0 aromatic heterocycles. The van der Waals surface area contributed by atoms with Crippen molar-refractivity contribution in [3.63, 3.8) is 0 Å². The lowest BCUT2D eigenvalue weighted by molar-refractivity contribution is 0.580. The van der Waals surface area contributed by atoms with Crippen LogP contribution in [-0.4, -0.2) is 22.3 Å². The molecule has 0 saturated carbocycles. The van der Waals surface area contributed by atoms with Gasteiger partial charge in [0.15, 0.2) is 0 Å². The smallest absolute Gasteiger partial charge is 0.0439 e. The SMILES string of the molecule is CCNC(CS(=O)CC(C)CC)c1cc(C)ccc1C. The Hall–Kier alpha value is -0.670. The van der Waals surface area contributed by atoms with Gasteiger partial charge in [-0.3, -0.25) is 4.21 Å². The number of aryl methyl sites for hydroxylation is 2. The standard InChI is InChI=1S/C17H29NOS/c1-6-13(3)11-20(19)12-17(18-7-2)16-10-14(4)8-9-15(16)5/h8-10,13,17-18H,6-7,11-12H2,1-5H3. The first-order valence-corrected chi connectivity index (χ1v) is 9.12. The number of hydrogen-bond donors (Lipinski definition) is 1. The molecule has 0 bridgehead atoms. The Bertz CT molecular complexity index is 445. The maximum absolute atomic E-state index is 12.3. The van der Waals surface area contributed by atoms with Crippen LogP contribution in [-0.2, 0) is 10.8 Å². The first-order chi connectivity index (χ1) is 9.47. The molecule has 1 rings (SSSR count). The molecule has 2 nitrogen and oxygen atoms in total. The minimum absolute atomic E-state index is 0.199. The van der Waals surface area contributed by atoms with Crippen molar-refractivity contribution in [1.29, 1.82) is 0 Å². The Morgan fingerprint density at radius 2 is 1.90 bits per heavy atom. The van der Waals surface area contributed by atoms with E-state index < -0.39 is 10.8 Å². The monoisotopic (exact) mass is 295 g/mol. The fourth-order valence-corrected chi connectivity index (χ4v) is 4.01. The van der Waals surface area contributed by atoms with Crippen LogP contribution in [0.5, 0.6) is 0 Å². The average molecular weight is 295 g/mol. The van der Waals surface area contributed by atoms with Crippen LogP contribution in [0.15, 0.2) is 18.2 Å². The van der Waals surface area contributed by atoms with E-state index in [1.807, 2.05) is 0 Å². The second-order valence-electron chi connectivity index (χ2n) is 5.76. The summed E-state index contributed by atoms with van der Waals surface area (Å²) < 4.78 is 12.3. The van der Waals surface area contributed by atoms with Crippen molar-refractivity contribution in [2.45, 2.75) is 47.1 Å². The molecule has 0 spiro atoms. The molecule has 3 atom stereocenters. The Balaban J connectivity index is 2.83. The van der Waals surface area contributed by atoms with E-state index in [0.29, 0.717) is 11.7 Å². The van der Waals surface area contributed by atoms with Crippen molar-refractivity contribution in [2.24, 2.45) is 5.92 Å². The van der Waals surface area contributed by atoms with E-state index >= 15 is 0 Å². The van der Waals surface area contributed by atoms with Crippen molar-refractivity contribution < 1.29 is 4.21 Å². The number of benzene rings is 1. The van der Waals surface area contributed by atoms with Crippen molar-refractivity contribution in [3.05, 3.63) is 34.9 Å². The van der Waals surface area contributed by atoms with Crippen LogP contribution in [0, 0.1) is 19.8 Å². The highest BCUT2D eigenvalue weighted by molar-refractivity contribution is 7.85. The summed E-state index contributed by atoms with van der Waals surface area (Å²) in [5.74, 6) is 2.06. The Kier molecular flexibility index (Phi) is 7.46. The molecule has 1 aromatic rings. The summed E-state index contributed by atoms with van der Waals surface area (Å²) in [4.78, 5) is 0. The maximum atomic E-state index is 12.3. The van der Waals surface area contributed by atoms with Gasteiger partial charge in [-0.1, -0.05) is 51.0 Å². The molecule has 0 saturated heterocycles. The molecule has 1 N–H and O–H groups in total. The highest BCUT2D eigenvalue weighted by Crippen LogP contribution is 2.21. The quantitative estimate of drug-likeness (QED) is 0.791. The normalized spacial score (nSPS) is 15.8. The van der Waals surface area contributed by atoms with Gasteiger partial charge in [0, 0.05) is 28.3 Å². The number of hydrogen-bond acceptors (Lipinski definition) is 2. The number of rotatable bonds is 8. The van der Waals surface area contributed by atoms with Crippen LogP contribution in [0.3, 0.4) is 0 Å². The third kappa shape index (κ3) is 5.37. The zero-order valence-electron chi connectivity index (χ0n) is 13.5. The molecule has 20 heavy (non-hydrogen) atoms. The van der Waals surface area contributed by atoms with Crippen molar-refractivity contribution in [3.8, 4) is 0 Å². The van der Waals surface area contributed by atoms with Crippen molar-refractivity contribution in [2.75, 3.05) is 18.1 Å². The lowest BCUT2D eigenvalue weighted by Crippen LogP contribution is -2.28. The largest absolute Gasteiger partial charge is 0.309 e. The summed E-state index contributed by atoms with van der Waals surface area (Å²) in [5, 5.41) is 3.50. The van der Waals surface area contributed by atoms with Gasteiger partial charge in [0.25, 0.3) is 0 Å². The lowest BCUT2D eigenvalue weighted by Gasteiger charge is -2.21. The summed E-state index contributed by atoms with van der Waals surface area (Å²) in [6.07, 6.45) is 1.10. The molecule has 1 aromatic carbocycles. The van der Waals surface area contributed by atoms with Gasteiger partial charge < -0.3 is 5.32 Å². The third-order valence-electron chi connectivity index (χ3n) is 3.78. The lowest BCUT2D eigenvalue weighted by atomic mass is 10.00. The fraction of sp³-hybridized carbons (Fsp3) is 0.647. The first-order valence-electron chi connectivity index (χ1n) is 7.63. The van der Waals surface area contributed by atoms with Crippen LogP contribution >= 0.6 is 0 Å². The summed E-state index contributed by atoms with van der Waals surface area (Å²) >= 11 is 0. The molecule has 3 unspecified atom stereocenters. The van der Waals surface area contributed by atoms with E-state index in [1.54, 1.807) is 0 Å². The van der Waals surface area contributed by atoms with E-state index in [2.05, 4.69) is 58.1 Å². The van der Waals surface area contributed by atoms with Crippen LogP contribution in [0.2, 0.25) is 0 Å². The average Bonchev–Trinajstić information content (AvgIpc) is 2.40. The van der Waals surface area contributed by atoms with Gasteiger partial charge in [-0.15, -0.1) is 0 Å². The van der Waals surface area contributed by atoms with E-state index in [-0.39, 0.29) is 6.04 Å². The predicted molar refractivity (Wildman–Crippen MR) is 89.7 cm³/mol. The van der Waals surface area contributed by atoms with E-state index in [4.69, 9.17) is 0 Å². The minimum Gasteiger partial charge on any atom is -0.309 e. The summed E-state index contributed by atoms with van der Waals surface area (Å²) in [7, 11) is -0.759. The zero-order chi connectivity index (χ0) is 15.1. The Morgan fingerprint density at radius 1 is 1.20 bits per heavy atom. The zero-order valence-corrected chi connectivity index (χ0v) is 14.3. The van der Waals surface area contributed by atoms with Crippen molar-refractivity contribution >= 4 is 10.8 Å². The van der Waals surface area contributed by atoms with Crippen molar-refractivity contribution in [1.82, 2.24) is 5.32 Å². The van der Waals surface area contributed by atoms with Gasteiger partial charge in [0.1, 0.15) is 0 Å². The fourth-order valence-electron chi connectivity index (χ4n) is 2.33. The summed E-state index contributed by atoms with van der Waals surface area (Å²) in [6, 6.07) is 6.72. The second kappa shape index (κ2) is 8.58. The highest BCUT2D eigenvalue weighted by atomic mass is 32.2. The molecule has 0 fully saturated rings. The Morgan fingerprint density at radius 3 is 2.50 bits per heavy atom. The molecular weight excluding hydrogens is 266 g/mol. The molecule has 114 valence electrons. The Labute approximate surface area is 126 Å². The van der Waals surface area contributed by atoms with E-state index in [0.717, 1.165) is 18.7 Å². The molecule has 0 radical (unpaired) electrons. The highest BCUT2D eigenvalue weighted by Gasteiger charge is 2.17. The van der Waals surface area contributed by atoms with Gasteiger partial charge in [0.2, 0.25) is 0 Å². The summed E-state index contributed by atoms with van der Waals surface area (Å²) in [5.41, 5.74) is 3.84. The molecule has 0 amide bonds.